The topological polar surface area (TPSA) is 34.2 Å². The minimum atomic E-state index is -4.74. The van der Waals surface area contributed by atoms with Gasteiger partial charge in [-0.05, 0) is 41.3 Å². The van der Waals surface area contributed by atoms with Crippen LogP contribution in [0, 0.1) is 0 Å². The second kappa shape index (κ2) is 7.37. The number of hydrogen-bond acceptors (Lipinski definition) is 2. The lowest BCUT2D eigenvalue weighted by Gasteiger charge is -2.12. The van der Waals surface area contributed by atoms with E-state index in [0.717, 1.165) is 11.1 Å². The summed E-state index contributed by atoms with van der Waals surface area (Å²) in [5.74, 6) is 0.112. The third-order valence-electron chi connectivity index (χ3n) is 3.98. The van der Waals surface area contributed by atoms with Crippen LogP contribution in [0.25, 0.3) is 16.7 Å². The standard InChI is InChI=1S/C19H14Cl2F3NO2/c1-10(26-2)14-5-6-16(20)15(18(14)21)8-12-7-11-3-4-13(9-17(11)25-12)27-19(22,23)24/h3-7,9,25H,1,8H2,2H3. The van der Waals surface area contributed by atoms with Gasteiger partial charge in [-0.1, -0.05) is 29.8 Å². The molecule has 1 aromatic heterocycles. The SMILES string of the molecule is C=C(OC)c1ccc(Cl)c(Cc2cc3ccc(OC(F)(F)F)cc3[nH]2)c1Cl. The molecule has 1 N–H and O–H groups in total. The number of aromatic amines is 1. The first-order chi connectivity index (χ1) is 12.7. The van der Waals surface area contributed by atoms with Crippen molar-refractivity contribution in [3.8, 4) is 5.75 Å². The molecular weight excluding hydrogens is 402 g/mol. The normalized spacial score (nSPS) is 11.6. The van der Waals surface area contributed by atoms with Crippen molar-refractivity contribution in [1.29, 1.82) is 0 Å². The van der Waals surface area contributed by atoms with Crippen molar-refractivity contribution in [2.24, 2.45) is 0 Å². The van der Waals surface area contributed by atoms with E-state index in [4.69, 9.17) is 27.9 Å². The van der Waals surface area contributed by atoms with E-state index in [1.165, 1.54) is 19.2 Å². The zero-order chi connectivity index (χ0) is 19.8. The molecule has 3 aromatic rings. The van der Waals surface area contributed by atoms with E-state index < -0.39 is 6.36 Å². The van der Waals surface area contributed by atoms with Crippen LogP contribution in [0.1, 0.15) is 16.8 Å². The number of hydrogen-bond donors (Lipinski definition) is 1. The Labute approximate surface area is 163 Å². The van der Waals surface area contributed by atoms with Gasteiger partial charge in [0.15, 0.2) is 0 Å². The number of benzene rings is 2. The molecule has 0 saturated carbocycles. The summed E-state index contributed by atoms with van der Waals surface area (Å²) < 4.78 is 46.2. The summed E-state index contributed by atoms with van der Waals surface area (Å²) in [6.45, 7) is 3.79. The minimum Gasteiger partial charge on any atom is -0.497 e. The molecule has 0 aliphatic heterocycles. The van der Waals surface area contributed by atoms with Crippen molar-refractivity contribution in [1.82, 2.24) is 4.98 Å². The molecule has 0 unspecified atom stereocenters. The summed E-state index contributed by atoms with van der Waals surface area (Å²) in [6, 6.07) is 9.32. The molecule has 0 fully saturated rings. The highest BCUT2D eigenvalue weighted by molar-refractivity contribution is 6.37. The first-order valence-corrected chi connectivity index (χ1v) is 8.51. The van der Waals surface area contributed by atoms with Gasteiger partial charge in [-0.2, -0.15) is 0 Å². The van der Waals surface area contributed by atoms with Gasteiger partial charge in [0.1, 0.15) is 11.5 Å². The molecule has 3 rings (SSSR count). The second-order valence-electron chi connectivity index (χ2n) is 5.78. The quantitative estimate of drug-likeness (QED) is 0.477. The molecule has 0 atom stereocenters. The van der Waals surface area contributed by atoms with Crippen molar-refractivity contribution in [2.45, 2.75) is 12.8 Å². The minimum absolute atomic E-state index is 0.294. The van der Waals surface area contributed by atoms with Gasteiger partial charge in [-0.25, -0.2) is 0 Å². The fourth-order valence-corrected chi connectivity index (χ4v) is 3.34. The van der Waals surface area contributed by atoms with Crippen molar-refractivity contribution in [3.05, 3.63) is 69.8 Å². The lowest BCUT2D eigenvalue weighted by Crippen LogP contribution is -2.16. The first kappa shape index (κ1) is 19.5. The van der Waals surface area contributed by atoms with E-state index in [2.05, 4.69) is 16.3 Å². The predicted molar refractivity (Wildman–Crippen MR) is 100 cm³/mol. The van der Waals surface area contributed by atoms with Gasteiger partial charge in [0.25, 0.3) is 0 Å². The fraction of sp³-hybridized carbons (Fsp3) is 0.158. The van der Waals surface area contributed by atoms with Crippen LogP contribution in [0.2, 0.25) is 10.0 Å². The van der Waals surface area contributed by atoms with Crippen LogP contribution in [0.3, 0.4) is 0 Å². The Morgan fingerprint density at radius 2 is 1.89 bits per heavy atom. The second-order valence-corrected chi connectivity index (χ2v) is 6.57. The lowest BCUT2D eigenvalue weighted by molar-refractivity contribution is -0.274. The molecule has 2 aromatic carbocycles. The molecule has 0 amide bonds. The molecule has 3 nitrogen and oxygen atoms in total. The van der Waals surface area contributed by atoms with Crippen LogP contribution in [0.4, 0.5) is 13.2 Å². The average molecular weight is 416 g/mol. The summed E-state index contributed by atoms with van der Waals surface area (Å²) in [4.78, 5) is 3.07. The van der Waals surface area contributed by atoms with Crippen LogP contribution >= 0.6 is 23.2 Å². The first-order valence-electron chi connectivity index (χ1n) is 7.75. The average Bonchev–Trinajstić information content (AvgIpc) is 2.98. The van der Waals surface area contributed by atoms with Gasteiger partial charge in [-0.3, -0.25) is 0 Å². The number of nitrogens with one attached hydrogen (secondary N) is 1. The zero-order valence-electron chi connectivity index (χ0n) is 14.1. The van der Waals surface area contributed by atoms with Gasteiger partial charge in [0.05, 0.1) is 12.1 Å². The lowest BCUT2D eigenvalue weighted by atomic mass is 10.0. The van der Waals surface area contributed by atoms with Crippen LogP contribution in [-0.4, -0.2) is 18.5 Å². The molecule has 0 bridgehead atoms. The highest BCUT2D eigenvalue weighted by Crippen LogP contribution is 2.34. The van der Waals surface area contributed by atoms with E-state index in [-0.39, 0.29) is 5.75 Å². The number of ether oxygens (including phenoxy) is 2. The predicted octanol–water partition coefficient (Wildman–Crippen LogP) is 6.58. The Morgan fingerprint density at radius 1 is 1.15 bits per heavy atom. The van der Waals surface area contributed by atoms with Gasteiger partial charge in [0.2, 0.25) is 0 Å². The monoisotopic (exact) mass is 415 g/mol. The van der Waals surface area contributed by atoms with E-state index in [0.29, 0.717) is 38.9 Å². The largest absolute Gasteiger partial charge is 0.573 e. The smallest absolute Gasteiger partial charge is 0.497 e. The van der Waals surface area contributed by atoms with Crippen molar-refractivity contribution < 1.29 is 22.6 Å². The van der Waals surface area contributed by atoms with Crippen molar-refractivity contribution in [2.75, 3.05) is 7.11 Å². The third kappa shape index (κ3) is 4.34. The van der Waals surface area contributed by atoms with Gasteiger partial charge in [-0.15, -0.1) is 13.2 Å². The molecule has 0 aliphatic carbocycles. The van der Waals surface area contributed by atoms with Gasteiger partial charge in [0, 0.05) is 34.3 Å². The molecule has 8 heteroatoms. The number of halogens is 5. The fourth-order valence-electron chi connectivity index (χ4n) is 2.73. The number of H-pyrrole nitrogens is 1. The third-order valence-corrected chi connectivity index (χ3v) is 4.77. The maximum atomic E-state index is 12.4. The number of rotatable bonds is 5. The summed E-state index contributed by atoms with van der Waals surface area (Å²) >= 11 is 12.7. The summed E-state index contributed by atoms with van der Waals surface area (Å²) in [6.07, 6.45) is -4.39. The number of fused-ring (bicyclic) bond motifs is 1. The summed E-state index contributed by atoms with van der Waals surface area (Å²) in [5.41, 5.74) is 2.53. The highest BCUT2D eigenvalue weighted by atomic mass is 35.5. The summed E-state index contributed by atoms with van der Waals surface area (Å²) in [7, 11) is 1.49. The molecule has 142 valence electrons. The molecule has 0 aliphatic rings. The van der Waals surface area contributed by atoms with E-state index in [1.54, 1.807) is 18.2 Å². The Bertz CT molecular complexity index is 1010. The molecule has 1 heterocycles. The molecule has 0 saturated heterocycles. The van der Waals surface area contributed by atoms with Crippen LogP contribution < -0.4 is 4.74 Å². The maximum absolute atomic E-state index is 12.4. The van der Waals surface area contributed by atoms with E-state index in [1.807, 2.05) is 6.07 Å². The Kier molecular flexibility index (Phi) is 5.31. The van der Waals surface area contributed by atoms with E-state index in [9.17, 15) is 13.2 Å². The molecule has 27 heavy (non-hydrogen) atoms. The Hall–Kier alpha value is -2.31. The number of aromatic nitrogens is 1. The zero-order valence-corrected chi connectivity index (χ0v) is 15.6. The van der Waals surface area contributed by atoms with Gasteiger partial charge < -0.3 is 14.5 Å². The molecule has 0 radical (unpaired) electrons. The highest BCUT2D eigenvalue weighted by Gasteiger charge is 2.31. The van der Waals surface area contributed by atoms with Crippen molar-refractivity contribution >= 4 is 39.9 Å². The Morgan fingerprint density at radius 3 is 2.56 bits per heavy atom. The van der Waals surface area contributed by atoms with Crippen LogP contribution in [0.15, 0.2) is 43.0 Å². The number of alkyl halides is 3. The van der Waals surface area contributed by atoms with Crippen LogP contribution in [0.5, 0.6) is 5.75 Å². The molecule has 0 spiro atoms. The van der Waals surface area contributed by atoms with Crippen molar-refractivity contribution in [3.63, 3.8) is 0 Å². The van der Waals surface area contributed by atoms with Gasteiger partial charge >= 0.3 is 6.36 Å². The van der Waals surface area contributed by atoms with Crippen LogP contribution in [-0.2, 0) is 11.2 Å². The Balaban J connectivity index is 1.94. The molecular formula is C19H14Cl2F3NO2. The van der Waals surface area contributed by atoms with E-state index >= 15 is 0 Å². The maximum Gasteiger partial charge on any atom is 0.573 e. The summed E-state index contributed by atoms with van der Waals surface area (Å²) in [5, 5.41) is 1.62. The number of methoxy groups -OCH3 is 1.